The summed E-state index contributed by atoms with van der Waals surface area (Å²) in [6, 6.07) is 6.92. The molecule has 0 radical (unpaired) electrons. The standard InChI is InChI=1S/C11H12ClNO3/c12-10-7-13(5-6-16-10)9-4-2-1-3-8(9)11(14)15/h1-4,10H,5-7H2,(H,14,15). The SMILES string of the molecule is O=C(O)c1ccccc1N1CCOC(Cl)C1. The highest BCUT2D eigenvalue weighted by Gasteiger charge is 2.22. The molecule has 4 nitrogen and oxygen atoms in total. The van der Waals surface area contributed by atoms with Crippen LogP contribution in [0.15, 0.2) is 24.3 Å². The van der Waals surface area contributed by atoms with Crippen LogP contribution >= 0.6 is 11.6 Å². The van der Waals surface area contributed by atoms with E-state index < -0.39 is 5.97 Å². The van der Waals surface area contributed by atoms with Crippen LogP contribution in [0.5, 0.6) is 0 Å². The highest BCUT2D eigenvalue weighted by atomic mass is 35.5. The van der Waals surface area contributed by atoms with Crippen molar-refractivity contribution in [2.75, 3.05) is 24.6 Å². The lowest BCUT2D eigenvalue weighted by atomic mass is 10.1. The third-order valence-electron chi connectivity index (χ3n) is 2.50. The van der Waals surface area contributed by atoms with Gasteiger partial charge in [-0.2, -0.15) is 0 Å². The molecule has 1 fully saturated rings. The van der Waals surface area contributed by atoms with E-state index >= 15 is 0 Å². The van der Waals surface area contributed by atoms with Crippen LogP contribution in [0.25, 0.3) is 0 Å². The lowest BCUT2D eigenvalue weighted by Crippen LogP contribution is -2.40. The Bertz CT molecular complexity index is 397. The van der Waals surface area contributed by atoms with Gasteiger partial charge in [0.25, 0.3) is 0 Å². The van der Waals surface area contributed by atoms with E-state index in [0.29, 0.717) is 30.9 Å². The van der Waals surface area contributed by atoms with E-state index in [1.807, 2.05) is 11.0 Å². The minimum atomic E-state index is -0.923. The smallest absolute Gasteiger partial charge is 0.337 e. The Kier molecular flexibility index (Phi) is 3.31. The third kappa shape index (κ3) is 2.28. The van der Waals surface area contributed by atoms with Crippen LogP contribution in [0, 0.1) is 0 Å². The molecule has 1 aliphatic heterocycles. The highest BCUT2D eigenvalue weighted by molar-refractivity contribution is 6.20. The maximum Gasteiger partial charge on any atom is 0.337 e. The zero-order chi connectivity index (χ0) is 11.5. The minimum Gasteiger partial charge on any atom is -0.478 e. The second kappa shape index (κ2) is 4.72. The summed E-state index contributed by atoms with van der Waals surface area (Å²) in [7, 11) is 0. The fourth-order valence-electron chi connectivity index (χ4n) is 1.76. The molecule has 1 saturated heterocycles. The van der Waals surface area contributed by atoms with Crippen molar-refractivity contribution in [3.05, 3.63) is 29.8 Å². The van der Waals surface area contributed by atoms with Gasteiger partial charge in [0.15, 0.2) is 0 Å². The van der Waals surface area contributed by atoms with Gasteiger partial charge in [0, 0.05) is 6.54 Å². The lowest BCUT2D eigenvalue weighted by Gasteiger charge is -2.32. The summed E-state index contributed by atoms with van der Waals surface area (Å²) < 4.78 is 5.21. The topological polar surface area (TPSA) is 49.8 Å². The minimum absolute atomic E-state index is 0.299. The molecule has 5 heteroatoms. The molecule has 0 spiro atoms. The van der Waals surface area contributed by atoms with Gasteiger partial charge in [-0.15, -0.1) is 0 Å². The van der Waals surface area contributed by atoms with Crippen LogP contribution in [-0.4, -0.2) is 36.3 Å². The van der Waals surface area contributed by atoms with E-state index in [0.717, 1.165) is 0 Å². The van der Waals surface area contributed by atoms with Crippen molar-refractivity contribution in [3.8, 4) is 0 Å². The summed E-state index contributed by atoms with van der Waals surface area (Å²) in [5.74, 6) is -0.923. The van der Waals surface area contributed by atoms with Crippen molar-refractivity contribution >= 4 is 23.3 Å². The lowest BCUT2D eigenvalue weighted by molar-refractivity contribution is 0.0694. The fraction of sp³-hybridized carbons (Fsp3) is 0.364. The van der Waals surface area contributed by atoms with Crippen molar-refractivity contribution < 1.29 is 14.6 Å². The number of rotatable bonds is 2. The number of benzene rings is 1. The summed E-state index contributed by atoms with van der Waals surface area (Å²) in [6.45, 7) is 1.68. The summed E-state index contributed by atoms with van der Waals surface area (Å²) in [6.07, 6.45) is 0. The first-order chi connectivity index (χ1) is 7.68. The van der Waals surface area contributed by atoms with E-state index in [4.69, 9.17) is 21.4 Å². The molecule has 0 aromatic heterocycles. The van der Waals surface area contributed by atoms with Crippen molar-refractivity contribution in [1.82, 2.24) is 0 Å². The second-order valence-corrected chi connectivity index (χ2v) is 4.04. The van der Waals surface area contributed by atoms with Gasteiger partial charge in [-0.05, 0) is 12.1 Å². The average Bonchev–Trinajstić information content (AvgIpc) is 2.29. The molecule has 86 valence electrons. The molecule has 16 heavy (non-hydrogen) atoms. The fourth-order valence-corrected chi connectivity index (χ4v) is 2.01. The Labute approximate surface area is 98.4 Å². The Morgan fingerprint density at radius 2 is 2.25 bits per heavy atom. The zero-order valence-electron chi connectivity index (χ0n) is 8.60. The Morgan fingerprint density at radius 1 is 1.50 bits per heavy atom. The van der Waals surface area contributed by atoms with Crippen LogP contribution in [-0.2, 0) is 4.74 Å². The summed E-state index contributed by atoms with van der Waals surface area (Å²) >= 11 is 5.88. The Hall–Kier alpha value is -1.26. The van der Waals surface area contributed by atoms with Crippen LogP contribution in [0.2, 0.25) is 0 Å². The number of halogens is 1. The number of hydrogen-bond donors (Lipinski definition) is 1. The van der Waals surface area contributed by atoms with Crippen LogP contribution in [0.1, 0.15) is 10.4 Å². The second-order valence-electron chi connectivity index (χ2n) is 3.55. The highest BCUT2D eigenvalue weighted by Crippen LogP contribution is 2.23. The van der Waals surface area contributed by atoms with Crippen LogP contribution in [0.3, 0.4) is 0 Å². The number of morpholine rings is 1. The van der Waals surface area contributed by atoms with Gasteiger partial charge < -0.3 is 14.7 Å². The van der Waals surface area contributed by atoms with Gasteiger partial charge in [-0.3, -0.25) is 0 Å². The van der Waals surface area contributed by atoms with Crippen molar-refractivity contribution in [2.24, 2.45) is 0 Å². The first-order valence-electron chi connectivity index (χ1n) is 5.01. The van der Waals surface area contributed by atoms with E-state index in [2.05, 4.69) is 0 Å². The number of carboxylic acids is 1. The third-order valence-corrected chi connectivity index (χ3v) is 2.76. The number of carbonyl (C=O) groups is 1. The summed E-state index contributed by atoms with van der Waals surface area (Å²) in [5.41, 5.74) is 0.618. The zero-order valence-corrected chi connectivity index (χ0v) is 9.35. The first kappa shape index (κ1) is 11.2. The van der Waals surface area contributed by atoms with E-state index in [1.54, 1.807) is 18.2 Å². The van der Waals surface area contributed by atoms with Crippen molar-refractivity contribution in [3.63, 3.8) is 0 Å². The van der Waals surface area contributed by atoms with Crippen molar-refractivity contribution in [2.45, 2.75) is 5.56 Å². The van der Waals surface area contributed by atoms with Crippen LogP contribution < -0.4 is 4.90 Å². The molecule has 1 heterocycles. The maximum atomic E-state index is 11.1. The number of carboxylic acid groups (broad SMARTS) is 1. The monoisotopic (exact) mass is 241 g/mol. The van der Waals surface area contributed by atoms with Gasteiger partial charge in [0.2, 0.25) is 0 Å². The number of para-hydroxylation sites is 1. The normalized spacial score (nSPS) is 20.8. The van der Waals surface area contributed by atoms with Crippen molar-refractivity contribution in [1.29, 1.82) is 0 Å². The number of alkyl halides is 1. The molecule has 1 aromatic rings. The molecule has 0 saturated carbocycles. The Morgan fingerprint density at radius 3 is 2.94 bits per heavy atom. The van der Waals surface area contributed by atoms with E-state index in [9.17, 15) is 4.79 Å². The maximum absolute atomic E-state index is 11.1. The molecule has 0 aliphatic carbocycles. The molecule has 0 amide bonds. The van der Waals surface area contributed by atoms with Gasteiger partial charge in [-0.1, -0.05) is 23.7 Å². The first-order valence-corrected chi connectivity index (χ1v) is 5.45. The predicted octanol–water partition coefficient (Wildman–Crippen LogP) is 1.79. The average molecular weight is 242 g/mol. The molecule has 1 aliphatic rings. The molecule has 2 rings (SSSR count). The van der Waals surface area contributed by atoms with Gasteiger partial charge in [0.05, 0.1) is 24.4 Å². The quantitative estimate of drug-likeness (QED) is 0.802. The Balaban J connectivity index is 2.28. The van der Waals surface area contributed by atoms with E-state index in [-0.39, 0.29) is 5.56 Å². The molecule has 1 unspecified atom stereocenters. The molecule has 0 bridgehead atoms. The number of hydrogen-bond acceptors (Lipinski definition) is 3. The van der Waals surface area contributed by atoms with Gasteiger partial charge in [-0.25, -0.2) is 4.79 Å². The largest absolute Gasteiger partial charge is 0.478 e. The summed E-state index contributed by atoms with van der Waals surface area (Å²) in [4.78, 5) is 13.0. The molecule has 1 atom stereocenters. The van der Waals surface area contributed by atoms with E-state index in [1.165, 1.54) is 0 Å². The van der Waals surface area contributed by atoms with Gasteiger partial charge >= 0.3 is 5.97 Å². The molecule has 1 aromatic carbocycles. The molecule has 1 N–H and O–H groups in total. The number of anilines is 1. The van der Waals surface area contributed by atoms with Gasteiger partial charge in [0.1, 0.15) is 5.56 Å². The number of ether oxygens (including phenoxy) is 1. The number of nitrogens with zero attached hydrogens (tertiary/aromatic N) is 1. The molecular formula is C11H12ClNO3. The van der Waals surface area contributed by atoms with Crippen LogP contribution in [0.4, 0.5) is 5.69 Å². The summed E-state index contributed by atoms with van der Waals surface area (Å²) in [5, 5.41) is 9.07. The predicted molar refractivity (Wildman–Crippen MR) is 61.2 cm³/mol. The molecular weight excluding hydrogens is 230 g/mol. The number of aromatic carboxylic acids is 1.